The highest BCUT2D eigenvalue weighted by atomic mass is 16.5. The number of rotatable bonds is 4. The Morgan fingerprint density at radius 1 is 1.12 bits per heavy atom. The van der Waals surface area contributed by atoms with Gasteiger partial charge in [0.15, 0.2) is 11.9 Å². The largest absolute Gasteiger partial charge is 0.497 e. The Bertz CT molecular complexity index is 932. The number of ether oxygens (including phenoxy) is 2. The normalized spacial score (nSPS) is 11.9. The van der Waals surface area contributed by atoms with Crippen LogP contribution in [0.4, 0.5) is 0 Å². The zero-order valence-corrected chi connectivity index (χ0v) is 13.3. The molecule has 0 fully saturated rings. The van der Waals surface area contributed by atoms with Gasteiger partial charge in [-0.15, -0.1) is 0 Å². The number of methoxy groups -OCH3 is 1. The van der Waals surface area contributed by atoms with Gasteiger partial charge in [-0.25, -0.2) is 9.78 Å². The maximum absolute atomic E-state index is 12.2. The van der Waals surface area contributed by atoms with Crippen molar-refractivity contribution in [3.05, 3.63) is 70.3 Å². The van der Waals surface area contributed by atoms with Crippen molar-refractivity contribution in [1.82, 2.24) is 9.97 Å². The van der Waals surface area contributed by atoms with Crippen LogP contribution < -0.4 is 10.3 Å². The number of hydrogen-bond acceptors (Lipinski definition) is 5. The molecular formula is C18H16N2O4. The molecule has 1 heterocycles. The van der Waals surface area contributed by atoms with Crippen LogP contribution in [-0.4, -0.2) is 23.0 Å². The predicted octanol–water partition coefficient (Wildman–Crippen LogP) is 2.85. The van der Waals surface area contributed by atoms with Crippen LogP contribution >= 0.6 is 0 Å². The van der Waals surface area contributed by atoms with Crippen LogP contribution in [0.2, 0.25) is 0 Å². The van der Waals surface area contributed by atoms with Gasteiger partial charge in [-0.1, -0.05) is 12.1 Å². The molecule has 0 spiro atoms. The SMILES string of the molecule is COc1ccc(C(=O)OC(C)c2nc3ccccc3c(=O)[nH]2)cc1. The van der Waals surface area contributed by atoms with Crippen LogP contribution in [0.5, 0.6) is 5.75 Å². The molecule has 0 saturated heterocycles. The molecule has 0 bridgehead atoms. The topological polar surface area (TPSA) is 81.3 Å². The average Bonchev–Trinajstić information content (AvgIpc) is 2.61. The van der Waals surface area contributed by atoms with Gasteiger partial charge >= 0.3 is 5.97 Å². The third-order valence-corrected chi connectivity index (χ3v) is 3.63. The molecule has 122 valence electrons. The molecule has 1 N–H and O–H groups in total. The van der Waals surface area contributed by atoms with Crippen LogP contribution in [0.15, 0.2) is 53.3 Å². The van der Waals surface area contributed by atoms with Crippen LogP contribution in [0.1, 0.15) is 29.2 Å². The Morgan fingerprint density at radius 3 is 2.54 bits per heavy atom. The average molecular weight is 324 g/mol. The number of esters is 1. The van der Waals surface area contributed by atoms with E-state index in [1.165, 1.54) is 0 Å². The number of carbonyl (C=O) groups excluding carboxylic acids is 1. The molecule has 0 amide bonds. The minimum absolute atomic E-state index is 0.261. The summed E-state index contributed by atoms with van der Waals surface area (Å²) in [6.45, 7) is 1.66. The van der Waals surface area contributed by atoms with E-state index in [1.807, 2.05) is 0 Å². The van der Waals surface area contributed by atoms with Crippen LogP contribution in [0, 0.1) is 0 Å². The lowest BCUT2D eigenvalue weighted by Gasteiger charge is -2.13. The third-order valence-electron chi connectivity index (χ3n) is 3.63. The number of H-pyrrole nitrogens is 1. The fraction of sp³-hybridized carbons (Fsp3) is 0.167. The summed E-state index contributed by atoms with van der Waals surface area (Å²) in [5, 5.41) is 0.495. The van der Waals surface area contributed by atoms with Crippen LogP contribution in [-0.2, 0) is 4.74 Å². The zero-order chi connectivity index (χ0) is 17.1. The van der Waals surface area contributed by atoms with Gasteiger partial charge in [-0.3, -0.25) is 4.79 Å². The lowest BCUT2D eigenvalue weighted by Crippen LogP contribution is -2.17. The molecule has 0 aliphatic carbocycles. The monoisotopic (exact) mass is 324 g/mol. The summed E-state index contributed by atoms with van der Waals surface area (Å²) in [7, 11) is 1.55. The van der Waals surface area contributed by atoms with Gasteiger partial charge in [-0.2, -0.15) is 0 Å². The lowest BCUT2D eigenvalue weighted by atomic mass is 10.2. The van der Waals surface area contributed by atoms with Crippen molar-refractivity contribution in [1.29, 1.82) is 0 Å². The molecule has 0 aliphatic heterocycles. The van der Waals surface area contributed by atoms with Crippen molar-refractivity contribution >= 4 is 16.9 Å². The van der Waals surface area contributed by atoms with E-state index in [-0.39, 0.29) is 5.56 Å². The van der Waals surface area contributed by atoms with Gasteiger partial charge in [0.1, 0.15) is 5.75 Å². The summed E-state index contributed by atoms with van der Waals surface area (Å²) in [5.74, 6) is 0.460. The molecule has 1 aromatic heterocycles. The van der Waals surface area contributed by atoms with E-state index in [0.717, 1.165) is 0 Å². The van der Waals surface area contributed by atoms with Crippen molar-refractivity contribution < 1.29 is 14.3 Å². The second kappa shape index (κ2) is 6.54. The van der Waals surface area contributed by atoms with Crippen molar-refractivity contribution in [2.45, 2.75) is 13.0 Å². The second-order valence-corrected chi connectivity index (χ2v) is 5.24. The molecule has 1 atom stereocenters. The summed E-state index contributed by atoms with van der Waals surface area (Å²) in [6, 6.07) is 13.6. The van der Waals surface area contributed by atoms with Gasteiger partial charge < -0.3 is 14.5 Å². The highest BCUT2D eigenvalue weighted by molar-refractivity contribution is 5.89. The third kappa shape index (κ3) is 3.12. The number of nitrogens with zero attached hydrogens (tertiary/aromatic N) is 1. The van der Waals surface area contributed by atoms with Gasteiger partial charge in [0.2, 0.25) is 0 Å². The highest BCUT2D eigenvalue weighted by Crippen LogP contribution is 2.18. The Labute approximate surface area is 138 Å². The van der Waals surface area contributed by atoms with E-state index in [9.17, 15) is 9.59 Å². The number of carbonyl (C=O) groups is 1. The number of aromatic nitrogens is 2. The fourth-order valence-electron chi connectivity index (χ4n) is 2.31. The van der Waals surface area contributed by atoms with E-state index < -0.39 is 12.1 Å². The molecule has 0 saturated carbocycles. The van der Waals surface area contributed by atoms with Crippen molar-refractivity contribution in [3.63, 3.8) is 0 Å². The van der Waals surface area contributed by atoms with Crippen molar-refractivity contribution in [3.8, 4) is 5.75 Å². The first-order chi connectivity index (χ1) is 11.6. The molecule has 6 nitrogen and oxygen atoms in total. The zero-order valence-electron chi connectivity index (χ0n) is 13.3. The molecule has 0 radical (unpaired) electrons. The molecule has 1 unspecified atom stereocenters. The summed E-state index contributed by atoms with van der Waals surface area (Å²) in [6.07, 6.45) is -0.683. The quantitative estimate of drug-likeness (QED) is 0.746. The summed E-state index contributed by atoms with van der Waals surface area (Å²) in [5.41, 5.74) is 0.692. The summed E-state index contributed by atoms with van der Waals surface area (Å²) in [4.78, 5) is 31.3. The van der Waals surface area contributed by atoms with E-state index in [4.69, 9.17) is 9.47 Å². The number of aromatic amines is 1. The van der Waals surface area contributed by atoms with E-state index in [2.05, 4.69) is 9.97 Å². The molecule has 3 rings (SSSR count). The van der Waals surface area contributed by atoms with Crippen molar-refractivity contribution in [2.75, 3.05) is 7.11 Å². The van der Waals surface area contributed by atoms with Crippen LogP contribution in [0.25, 0.3) is 10.9 Å². The first-order valence-electron chi connectivity index (χ1n) is 7.42. The van der Waals surface area contributed by atoms with E-state index >= 15 is 0 Å². The Morgan fingerprint density at radius 2 is 1.83 bits per heavy atom. The number of hydrogen-bond donors (Lipinski definition) is 1. The molecule has 24 heavy (non-hydrogen) atoms. The van der Waals surface area contributed by atoms with Gasteiger partial charge in [-0.05, 0) is 43.3 Å². The van der Waals surface area contributed by atoms with Gasteiger partial charge in [0.25, 0.3) is 5.56 Å². The number of nitrogens with one attached hydrogen (secondary N) is 1. The minimum atomic E-state index is -0.683. The molecule has 2 aromatic carbocycles. The van der Waals surface area contributed by atoms with Gasteiger partial charge in [0.05, 0.1) is 23.6 Å². The maximum atomic E-state index is 12.2. The van der Waals surface area contributed by atoms with Crippen molar-refractivity contribution in [2.24, 2.45) is 0 Å². The Kier molecular flexibility index (Phi) is 4.29. The second-order valence-electron chi connectivity index (χ2n) is 5.24. The van der Waals surface area contributed by atoms with Crippen LogP contribution in [0.3, 0.4) is 0 Å². The fourth-order valence-corrected chi connectivity index (χ4v) is 2.31. The first kappa shape index (κ1) is 15.7. The number of fused-ring (bicyclic) bond motifs is 1. The standard InChI is InChI=1S/C18H16N2O4/c1-11(24-18(22)12-7-9-13(23-2)10-8-12)16-19-15-6-4-3-5-14(15)17(21)20-16/h3-11H,1-2H3,(H,19,20,21). The number of benzene rings is 2. The molecule has 6 heteroatoms. The maximum Gasteiger partial charge on any atom is 0.338 e. The molecular weight excluding hydrogens is 308 g/mol. The summed E-state index contributed by atoms with van der Waals surface area (Å²) >= 11 is 0. The minimum Gasteiger partial charge on any atom is -0.497 e. The predicted molar refractivity (Wildman–Crippen MR) is 89.2 cm³/mol. The lowest BCUT2D eigenvalue weighted by molar-refractivity contribution is 0.0320. The number of para-hydroxylation sites is 1. The highest BCUT2D eigenvalue weighted by Gasteiger charge is 2.17. The molecule has 0 aliphatic rings. The Hall–Kier alpha value is -3.15. The van der Waals surface area contributed by atoms with E-state index in [0.29, 0.717) is 28.0 Å². The smallest absolute Gasteiger partial charge is 0.338 e. The molecule has 3 aromatic rings. The first-order valence-corrected chi connectivity index (χ1v) is 7.42. The Balaban J connectivity index is 1.82. The van der Waals surface area contributed by atoms with E-state index in [1.54, 1.807) is 62.6 Å². The van der Waals surface area contributed by atoms with Gasteiger partial charge in [0, 0.05) is 0 Å². The summed E-state index contributed by atoms with van der Waals surface area (Å²) < 4.78 is 10.4.